The van der Waals surface area contributed by atoms with Gasteiger partial charge in [-0.1, -0.05) is 69.7 Å². The summed E-state index contributed by atoms with van der Waals surface area (Å²) in [4.78, 5) is 49.0. The average Bonchev–Trinajstić information content (AvgIpc) is 3.66. The van der Waals surface area contributed by atoms with E-state index < -0.39 is 28.7 Å². The normalized spacial score (nSPS) is 27.2. The van der Waals surface area contributed by atoms with Crippen molar-refractivity contribution in [3.8, 4) is 0 Å². The highest BCUT2D eigenvalue weighted by molar-refractivity contribution is 8.02. The van der Waals surface area contributed by atoms with Crippen molar-refractivity contribution in [2.75, 3.05) is 31.1 Å². The first kappa shape index (κ1) is 31.3. The molecule has 1 spiro atoms. The minimum Gasteiger partial charge on any atom is -0.394 e. The smallest absolute Gasteiger partial charge is 0.251 e. The number of carbonyl (C=O) groups excluding carboxylic acids is 3. The van der Waals surface area contributed by atoms with Crippen LogP contribution >= 0.6 is 11.8 Å². The van der Waals surface area contributed by atoms with Crippen LogP contribution in [-0.2, 0) is 14.4 Å². The molecule has 230 valence electrons. The van der Waals surface area contributed by atoms with Gasteiger partial charge in [0.15, 0.2) is 0 Å². The number of hydrogen-bond donors (Lipinski definition) is 1. The van der Waals surface area contributed by atoms with Gasteiger partial charge in [0, 0.05) is 30.6 Å². The molecule has 7 nitrogen and oxygen atoms in total. The number of anilines is 1. The maximum absolute atomic E-state index is 15.0. The van der Waals surface area contributed by atoms with Crippen LogP contribution in [0.15, 0.2) is 67.8 Å². The van der Waals surface area contributed by atoms with Gasteiger partial charge in [0.1, 0.15) is 6.04 Å². The summed E-state index contributed by atoms with van der Waals surface area (Å²) in [5.41, 5.74) is 0.741. The van der Waals surface area contributed by atoms with E-state index in [1.807, 2.05) is 68.1 Å². The lowest BCUT2D eigenvalue weighted by molar-refractivity contribution is -0.146. The Labute approximate surface area is 260 Å². The standard InChI is InChI=1S/C35H45N3O4S/c1-6-18-36(19-7-2)32(40)29-28-16-17-35(43-28)30(29)33(41)38(27(22-39)23(5)9-4)31(35)34(42)37(20-8-3)26-15-14-24-12-10-11-13-25(24)21-26/h6,8,10-15,21,23,27-31,39H,1,3,7,9,16-20,22H2,2,4-5H3/t23-,27-,28+,29-,30-,31?,35?/m0/s1. The maximum atomic E-state index is 15.0. The van der Waals surface area contributed by atoms with Crippen LogP contribution in [0.3, 0.4) is 0 Å². The van der Waals surface area contributed by atoms with Crippen molar-refractivity contribution in [2.24, 2.45) is 17.8 Å². The van der Waals surface area contributed by atoms with Gasteiger partial charge in [-0.05, 0) is 48.1 Å². The van der Waals surface area contributed by atoms with E-state index in [9.17, 15) is 19.5 Å². The number of likely N-dealkylation sites (tertiary alicyclic amines) is 1. The van der Waals surface area contributed by atoms with Gasteiger partial charge in [-0.3, -0.25) is 14.4 Å². The van der Waals surface area contributed by atoms with Crippen molar-refractivity contribution < 1.29 is 19.5 Å². The summed E-state index contributed by atoms with van der Waals surface area (Å²) in [6.07, 6.45) is 6.47. The van der Waals surface area contributed by atoms with Gasteiger partial charge in [0.25, 0.3) is 5.91 Å². The number of fused-ring (bicyclic) bond motifs is 2. The van der Waals surface area contributed by atoms with Crippen LogP contribution in [0.2, 0.25) is 0 Å². The molecule has 8 heteroatoms. The molecule has 3 fully saturated rings. The van der Waals surface area contributed by atoms with Crippen molar-refractivity contribution in [1.82, 2.24) is 9.80 Å². The van der Waals surface area contributed by atoms with E-state index in [0.717, 1.165) is 35.7 Å². The van der Waals surface area contributed by atoms with E-state index in [-0.39, 0.29) is 42.0 Å². The molecule has 2 aromatic rings. The zero-order chi connectivity index (χ0) is 30.9. The van der Waals surface area contributed by atoms with E-state index >= 15 is 0 Å². The average molecular weight is 604 g/mol. The third kappa shape index (κ3) is 5.20. The van der Waals surface area contributed by atoms with Crippen molar-refractivity contribution >= 4 is 45.9 Å². The monoisotopic (exact) mass is 603 g/mol. The maximum Gasteiger partial charge on any atom is 0.251 e. The van der Waals surface area contributed by atoms with Gasteiger partial charge in [-0.2, -0.15) is 0 Å². The molecule has 2 aromatic carbocycles. The summed E-state index contributed by atoms with van der Waals surface area (Å²) in [7, 11) is 0. The molecule has 3 saturated heterocycles. The summed E-state index contributed by atoms with van der Waals surface area (Å²) >= 11 is 1.67. The molecule has 0 aromatic heterocycles. The van der Waals surface area contributed by atoms with E-state index in [4.69, 9.17) is 0 Å². The van der Waals surface area contributed by atoms with E-state index in [1.165, 1.54) is 0 Å². The van der Waals surface area contributed by atoms with Gasteiger partial charge in [0.05, 0.1) is 29.2 Å². The molecule has 0 saturated carbocycles. The Morgan fingerprint density at radius 3 is 2.49 bits per heavy atom. The molecular formula is C35H45N3O4S. The Morgan fingerprint density at radius 1 is 1.12 bits per heavy atom. The lowest BCUT2D eigenvalue weighted by Crippen LogP contribution is -2.58. The molecule has 0 aliphatic carbocycles. The predicted octanol–water partition coefficient (Wildman–Crippen LogP) is 5.28. The molecule has 1 N–H and O–H groups in total. The number of amides is 3. The van der Waals surface area contributed by atoms with Crippen molar-refractivity contribution in [2.45, 2.75) is 68.5 Å². The van der Waals surface area contributed by atoms with Crippen molar-refractivity contribution in [3.63, 3.8) is 0 Å². The number of hydrogen-bond acceptors (Lipinski definition) is 5. The van der Waals surface area contributed by atoms with Gasteiger partial charge in [-0.15, -0.1) is 24.9 Å². The highest BCUT2D eigenvalue weighted by Crippen LogP contribution is 2.67. The van der Waals surface area contributed by atoms with Gasteiger partial charge < -0.3 is 19.8 Å². The fraction of sp³-hybridized carbons (Fsp3) is 0.514. The third-order valence-electron chi connectivity index (χ3n) is 9.88. The van der Waals surface area contributed by atoms with Crippen LogP contribution in [-0.4, -0.2) is 80.9 Å². The lowest BCUT2D eigenvalue weighted by atomic mass is 9.70. The number of benzene rings is 2. The van der Waals surface area contributed by atoms with Gasteiger partial charge in [-0.25, -0.2) is 0 Å². The Morgan fingerprint density at radius 2 is 1.84 bits per heavy atom. The molecule has 3 heterocycles. The second-order valence-electron chi connectivity index (χ2n) is 12.3. The van der Waals surface area contributed by atoms with Crippen LogP contribution in [0.25, 0.3) is 10.8 Å². The molecule has 3 aliphatic rings. The highest BCUT2D eigenvalue weighted by Gasteiger charge is 2.74. The lowest BCUT2D eigenvalue weighted by Gasteiger charge is -2.41. The Balaban J connectivity index is 1.61. The second-order valence-corrected chi connectivity index (χ2v) is 13.9. The molecule has 43 heavy (non-hydrogen) atoms. The first-order chi connectivity index (χ1) is 20.8. The fourth-order valence-corrected chi connectivity index (χ4v) is 9.89. The van der Waals surface area contributed by atoms with Gasteiger partial charge in [0.2, 0.25) is 11.8 Å². The zero-order valence-corrected chi connectivity index (χ0v) is 26.5. The molecule has 3 aliphatic heterocycles. The molecule has 5 rings (SSSR count). The van der Waals surface area contributed by atoms with Crippen molar-refractivity contribution in [1.29, 1.82) is 0 Å². The molecule has 7 atom stereocenters. The van der Waals surface area contributed by atoms with Crippen LogP contribution in [0.1, 0.15) is 46.5 Å². The van der Waals surface area contributed by atoms with Crippen LogP contribution in [0.5, 0.6) is 0 Å². The van der Waals surface area contributed by atoms with Crippen LogP contribution < -0.4 is 4.90 Å². The van der Waals surface area contributed by atoms with Crippen molar-refractivity contribution in [3.05, 3.63) is 67.8 Å². The summed E-state index contributed by atoms with van der Waals surface area (Å²) in [5.74, 6) is -1.50. The van der Waals surface area contributed by atoms with E-state index in [0.29, 0.717) is 19.5 Å². The molecule has 3 amide bonds. The summed E-state index contributed by atoms with van der Waals surface area (Å²) < 4.78 is -0.734. The summed E-state index contributed by atoms with van der Waals surface area (Å²) in [6.45, 7) is 15.0. The van der Waals surface area contributed by atoms with Crippen LogP contribution in [0.4, 0.5) is 5.69 Å². The number of thioether (sulfide) groups is 1. The molecule has 2 unspecified atom stereocenters. The summed E-state index contributed by atoms with van der Waals surface area (Å²) in [5, 5.41) is 12.8. The molecular weight excluding hydrogens is 558 g/mol. The SMILES string of the molecule is C=CCN(CCC)C(=O)[C@@H]1[C@H]2C(=O)N([C@@H](CO)[C@@H](C)CC)C(C(=O)N(CC=C)c3ccc4ccccc4c3)C23CC[C@H]1S3. The predicted molar refractivity (Wildman–Crippen MR) is 175 cm³/mol. The Hall–Kier alpha value is -3.10. The van der Waals surface area contributed by atoms with Crippen LogP contribution in [0, 0.1) is 17.8 Å². The number of aliphatic hydroxyl groups excluding tert-OH is 1. The molecule has 0 radical (unpaired) electrons. The molecule has 2 bridgehead atoms. The largest absolute Gasteiger partial charge is 0.394 e. The second kappa shape index (κ2) is 12.9. The minimum atomic E-state index is -0.797. The van der Waals surface area contributed by atoms with E-state index in [2.05, 4.69) is 13.2 Å². The highest BCUT2D eigenvalue weighted by atomic mass is 32.2. The number of carbonyl (C=O) groups is 3. The first-order valence-corrected chi connectivity index (χ1v) is 16.6. The fourth-order valence-electron chi connectivity index (χ4n) is 7.70. The van der Waals surface area contributed by atoms with E-state index in [1.54, 1.807) is 33.7 Å². The quantitative estimate of drug-likeness (QED) is 0.315. The van der Waals surface area contributed by atoms with Gasteiger partial charge >= 0.3 is 0 Å². The zero-order valence-electron chi connectivity index (χ0n) is 25.7. The number of aliphatic hydroxyl groups is 1. The minimum absolute atomic E-state index is 0.0196. The number of nitrogens with zero attached hydrogens (tertiary/aromatic N) is 3. The third-order valence-corrected chi connectivity index (χ3v) is 11.8. The topological polar surface area (TPSA) is 81.2 Å². The Bertz CT molecular complexity index is 1400. The number of rotatable bonds is 13. The Kier molecular flexibility index (Phi) is 9.37. The first-order valence-electron chi connectivity index (χ1n) is 15.7. The summed E-state index contributed by atoms with van der Waals surface area (Å²) in [6, 6.07) is 12.7.